The highest BCUT2D eigenvalue weighted by atomic mass is 15.2. The van der Waals surface area contributed by atoms with E-state index in [1.165, 1.54) is 96.6 Å². The average molecular weight is 283 g/mol. The first kappa shape index (κ1) is 18.0. The van der Waals surface area contributed by atoms with Crippen molar-refractivity contribution in [1.29, 1.82) is 0 Å². The lowest BCUT2D eigenvalue weighted by molar-refractivity contribution is 0.171. The molecule has 2 nitrogen and oxygen atoms in total. The van der Waals surface area contributed by atoms with Gasteiger partial charge in [-0.05, 0) is 32.4 Å². The molecule has 2 N–H and O–H groups in total. The lowest BCUT2D eigenvalue weighted by Crippen LogP contribution is -2.42. The van der Waals surface area contributed by atoms with E-state index in [0.29, 0.717) is 6.04 Å². The third kappa shape index (κ3) is 8.26. The number of hydrogen-bond donors (Lipinski definition) is 1. The Balaban J connectivity index is 2.10. The highest BCUT2D eigenvalue weighted by Gasteiger charge is 2.17. The van der Waals surface area contributed by atoms with Crippen LogP contribution in [0.15, 0.2) is 0 Å². The van der Waals surface area contributed by atoms with Crippen molar-refractivity contribution in [2.24, 2.45) is 5.73 Å². The molecule has 1 unspecified atom stereocenters. The van der Waals surface area contributed by atoms with Crippen LogP contribution in [0.1, 0.15) is 90.4 Å². The second-order valence-electron chi connectivity index (χ2n) is 6.60. The van der Waals surface area contributed by atoms with Crippen molar-refractivity contribution in [3.63, 3.8) is 0 Å². The summed E-state index contributed by atoms with van der Waals surface area (Å²) in [6, 6.07) is 0.656. The van der Waals surface area contributed by atoms with Gasteiger partial charge in [-0.1, -0.05) is 71.1 Å². The molecule has 1 heterocycles. The van der Waals surface area contributed by atoms with Crippen molar-refractivity contribution in [1.82, 2.24) is 4.90 Å². The van der Waals surface area contributed by atoms with Crippen molar-refractivity contribution < 1.29 is 0 Å². The molecule has 2 heteroatoms. The fraction of sp³-hybridized carbons (Fsp3) is 1.00. The third-order valence-electron chi connectivity index (χ3n) is 4.82. The maximum Gasteiger partial charge on any atom is 0.0218 e. The smallest absolute Gasteiger partial charge is 0.0218 e. The van der Waals surface area contributed by atoms with Crippen LogP contribution in [0, 0.1) is 0 Å². The van der Waals surface area contributed by atoms with E-state index in [1.54, 1.807) is 0 Å². The number of likely N-dealkylation sites (tertiary alicyclic amines) is 1. The normalized spacial score (nSPS) is 19.5. The van der Waals surface area contributed by atoms with Crippen LogP contribution in [0.25, 0.3) is 0 Å². The fourth-order valence-electron chi connectivity index (χ4n) is 3.42. The van der Waals surface area contributed by atoms with Crippen molar-refractivity contribution in [3.8, 4) is 0 Å². The van der Waals surface area contributed by atoms with Gasteiger partial charge in [-0.2, -0.15) is 0 Å². The molecule has 1 aliphatic rings. The van der Waals surface area contributed by atoms with E-state index < -0.39 is 0 Å². The molecule has 1 aliphatic heterocycles. The summed E-state index contributed by atoms with van der Waals surface area (Å²) in [6.45, 7) is 5.72. The van der Waals surface area contributed by atoms with Crippen LogP contribution in [0.4, 0.5) is 0 Å². The summed E-state index contributed by atoms with van der Waals surface area (Å²) in [5, 5.41) is 0. The van der Waals surface area contributed by atoms with Crippen molar-refractivity contribution in [2.75, 3.05) is 19.6 Å². The molecule has 0 radical (unpaired) electrons. The standard InChI is InChI=1S/C18H38N2/c1-2-3-4-5-6-8-11-14-18(17-19)20-15-12-9-7-10-13-16-20/h18H,2-17,19H2,1H3. The summed E-state index contributed by atoms with van der Waals surface area (Å²) in [5.41, 5.74) is 6.03. The molecule has 1 saturated heterocycles. The monoisotopic (exact) mass is 282 g/mol. The zero-order valence-corrected chi connectivity index (χ0v) is 13.9. The van der Waals surface area contributed by atoms with Gasteiger partial charge in [-0.15, -0.1) is 0 Å². The highest BCUT2D eigenvalue weighted by Crippen LogP contribution is 2.17. The van der Waals surface area contributed by atoms with Gasteiger partial charge < -0.3 is 5.73 Å². The molecule has 0 spiro atoms. The van der Waals surface area contributed by atoms with Gasteiger partial charge in [0.2, 0.25) is 0 Å². The zero-order chi connectivity index (χ0) is 14.5. The molecule has 1 rings (SSSR count). The number of unbranched alkanes of at least 4 members (excludes halogenated alkanes) is 6. The van der Waals surface area contributed by atoms with E-state index >= 15 is 0 Å². The van der Waals surface area contributed by atoms with Crippen LogP contribution in [-0.4, -0.2) is 30.6 Å². The molecule has 0 bridgehead atoms. The van der Waals surface area contributed by atoms with Crippen LogP contribution in [0.3, 0.4) is 0 Å². The molecule has 0 aromatic carbocycles. The molecule has 0 amide bonds. The predicted molar refractivity (Wildman–Crippen MR) is 90.1 cm³/mol. The Morgan fingerprint density at radius 1 is 0.800 bits per heavy atom. The zero-order valence-electron chi connectivity index (χ0n) is 13.9. The summed E-state index contributed by atoms with van der Waals surface area (Å²) in [6.07, 6.45) is 18.2. The molecule has 120 valence electrons. The van der Waals surface area contributed by atoms with E-state index in [2.05, 4.69) is 11.8 Å². The van der Waals surface area contributed by atoms with Crippen molar-refractivity contribution in [2.45, 2.75) is 96.4 Å². The maximum atomic E-state index is 6.03. The van der Waals surface area contributed by atoms with Crippen LogP contribution in [-0.2, 0) is 0 Å². The van der Waals surface area contributed by atoms with Gasteiger partial charge in [0.15, 0.2) is 0 Å². The molecule has 20 heavy (non-hydrogen) atoms. The van der Waals surface area contributed by atoms with Crippen molar-refractivity contribution >= 4 is 0 Å². The molecule has 0 aromatic heterocycles. The minimum Gasteiger partial charge on any atom is -0.329 e. The van der Waals surface area contributed by atoms with E-state index in [4.69, 9.17) is 5.73 Å². The maximum absolute atomic E-state index is 6.03. The third-order valence-corrected chi connectivity index (χ3v) is 4.82. The Morgan fingerprint density at radius 3 is 1.95 bits per heavy atom. The van der Waals surface area contributed by atoms with E-state index in [-0.39, 0.29) is 0 Å². The highest BCUT2D eigenvalue weighted by molar-refractivity contribution is 4.74. The van der Waals surface area contributed by atoms with Crippen LogP contribution < -0.4 is 5.73 Å². The molecule has 0 saturated carbocycles. The second-order valence-corrected chi connectivity index (χ2v) is 6.60. The van der Waals surface area contributed by atoms with E-state index in [9.17, 15) is 0 Å². The first-order valence-corrected chi connectivity index (χ1v) is 9.32. The number of rotatable bonds is 10. The Hall–Kier alpha value is -0.0800. The first-order chi connectivity index (χ1) is 9.88. The van der Waals surface area contributed by atoms with Gasteiger partial charge in [0.05, 0.1) is 0 Å². The first-order valence-electron chi connectivity index (χ1n) is 9.32. The Kier molecular flexibility index (Phi) is 11.4. The van der Waals surface area contributed by atoms with Gasteiger partial charge in [0.1, 0.15) is 0 Å². The minimum absolute atomic E-state index is 0.656. The van der Waals surface area contributed by atoms with Gasteiger partial charge in [0.25, 0.3) is 0 Å². The fourth-order valence-corrected chi connectivity index (χ4v) is 3.42. The summed E-state index contributed by atoms with van der Waals surface area (Å²) in [5.74, 6) is 0. The lowest BCUT2D eigenvalue weighted by atomic mass is 10.0. The average Bonchev–Trinajstić information content (AvgIpc) is 2.43. The molecular formula is C18H38N2. The summed E-state index contributed by atoms with van der Waals surface area (Å²) < 4.78 is 0. The van der Waals surface area contributed by atoms with Crippen LogP contribution in [0.5, 0.6) is 0 Å². The van der Waals surface area contributed by atoms with E-state index in [1.807, 2.05) is 0 Å². The second kappa shape index (κ2) is 12.6. The summed E-state index contributed by atoms with van der Waals surface area (Å²) in [7, 11) is 0. The van der Waals surface area contributed by atoms with E-state index in [0.717, 1.165) is 6.54 Å². The Bertz CT molecular complexity index is 198. The largest absolute Gasteiger partial charge is 0.329 e. The number of hydrogen-bond acceptors (Lipinski definition) is 2. The van der Waals surface area contributed by atoms with Crippen LogP contribution >= 0.6 is 0 Å². The van der Waals surface area contributed by atoms with Gasteiger partial charge in [0, 0.05) is 12.6 Å². The number of nitrogens with two attached hydrogens (primary N) is 1. The quantitative estimate of drug-likeness (QED) is 0.587. The molecule has 1 fully saturated rings. The SMILES string of the molecule is CCCCCCCCCC(CN)N1CCCCCCC1. The Labute approximate surface area is 127 Å². The topological polar surface area (TPSA) is 29.3 Å². The Morgan fingerprint density at radius 2 is 1.35 bits per heavy atom. The molecular weight excluding hydrogens is 244 g/mol. The predicted octanol–water partition coefficient (Wildman–Crippen LogP) is 4.72. The van der Waals surface area contributed by atoms with Gasteiger partial charge in [-0.25, -0.2) is 0 Å². The minimum atomic E-state index is 0.656. The van der Waals surface area contributed by atoms with Gasteiger partial charge >= 0.3 is 0 Å². The summed E-state index contributed by atoms with van der Waals surface area (Å²) in [4.78, 5) is 2.69. The van der Waals surface area contributed by atoms with Gasteiger partial charge in [-0.3, -0.25) is 4.90 Å². The molecule has 0 aliphatic carbocycles. The van der Waals surface area contributed by atoms with Crippen LogP contribution in [0.2, 0.25) is 0 Å². The number of nitrogens with zero attached hydrogens (tertiary/aromatic N) is 1. The summed E-state index contributed by atoms with van der Waals surface area (Å²) >= 11 is 0. The lowest BCUT2D eigenvalue weighted by Gasteiger charge is -2.32. The molecule has 1 atom stereocenters. The van der Waals surface area contributed by atoms with Crippen molar-refractivity contribution in [3.05, 3.63) is 0 Å². The molecule has 0 aromatic rings.